The summed E-state index contributed by atoms with van der Waals surface area (Å²) < 4.78 is 2.74. The third-order valence-corrected chi connectivity index (χ3v) is 4.46. The van der Waals surface area contributed by atoms with Crippen LogP contribution in [0.5, 0.6) is 0 Å². The minimum Gasteiger partial charge on any atom is -0.349 e. The van der Waals surface area contributed by atoms with E-state index in [9.17, 15) is 4.79 Å². The van der Waals surface area contributed by atoms with Crippen molar-refractivity contribution < 1.29 is 4.79 Å². The van der Waals surface area contributed by atoms with Crippen molar-refractivity contribution in [1.29, 1.82) is 0 Å². The molecule has 0 fully saturated rings. The molecule has 1 aromatic carbocycles. The molecule has 3 heterocycles. The summed E-state index contributed by atoms with van der Waals surface area (Å²) in [6.45, 7) is 3.29. The van der Waals surface area contributed by atoms with Crippen LogP contribution in [0.2, 0.25) is 0 Å². The van der Waals surface area contributed by atoms with E-state index in [-0.39, 0.29) is 5.91 Å². The first kappa shape index (κ1) is 15.0. The SMILES string of the molecule is Cc1cc(Br)ccc1-c1nccc(-c2cc3n(n2)CCNC3=O)n1. The number of hydrogen-bond acceptors (Lipinski definition) is 4. The average Bonchev–Trinajstić information content (AvgIpc) is 3.01. The van der Waals surface area contributed by atoms with E-state index in [1.165, 1.54) is 0 Å². The van der Waals surface area contributed by atoms with E-state index >= 15 is 0 Å². The van der Waals surface area contributed by atoms with Gasteiger partial charge in [-0.15, -0.1) is 0 Å². The lowest BCUT2D eigenvalue weighted by Gasteiger charge is -2.13. The lowest BCUT2D eigenvalue weighted by molar-refractivity contribution is 0.0924. The smallest absolute Gasteiger partial charge is 0.269 e. The van der Waals surface area contributed by atoms with Crippen LogP contribution in [-0.4, -0.2) is 32.2 Å². The highest BCUT2D eigenvalue weighted by Gasteiger charge is 2.20. The molecule has 0 unspecified atom stereocenters. The number of fused-ring (bicyclic) bond motifs is 1. The molecule has 3 aromatic rings. The molecule has 7 heteroatoms. The standard InChI is InChI=1S/C17H14BrN5O/c1-10-8-11(18)2-3-12(10)16-19-5-4-13(21-16)14-9-15-17(24)20-6-7-23(15)22-14/h2-5,8-9H,6-7H2,1H3,(H,20,24). The van der Waals surface area contributed by atoms with Crippen molar-refractivity contribution >= 4 is 21.8 Å². The Morgan fingerprint density at radius 3 is 2.88 bits per heavy atom. The van der Waals surface area contributed by atoms with Crippen LogP contribution in [0.25, 0.3) is 22.8 Å². The quantitative estimate of drug-likeness (QED) is 0.738. The zero-order valence-corrected chi connectivity index (χ0v) is 14.5. The second kappa shape index (κ2) is 5.83. The molecule has 0 saturated carbocycles. The zero-order chi connectivity index (χ0) is 16.7. The van der Waals surface area contributed by atoms with E-state index in [1.54, 1.807) is 16.9 Å². The zero-order valence-electron chi connectivity index (χ0n) is 13.0. The molecule has 1 N–H and O–H groups in total. The maximum Gasteiger partial charge on any atom is 0.269 e. The molecule has 0 bridgehead atoms. The van der Waals surface area contributed by atoms with Gasteiger partial charge in [0.25, 0.3) is 5.91 Å². The number of benzene rings is 1. The van der Waals surface area contributed by atoms with Crippen LogP contribution < -0.4 is 5.32 Å². The number of amides is 1. The molecule has 0 atom stereocenters. The van der Waals surface area contributed by atoms with E-state index in [0.717, 1.165) is 15.6 Å². The molecule has 24 heavy (non-hydrogen) atoms. The molecule has 0 aliphatic carbocycles. The summed E-state index contributed by atoms with van der Waals surface area (Å²) in [5.41, 5.74) is 4.01. The Balaban J connectivity index is 1.77. The number of rotatable bonds is 2. The highest BCUT2D eigenvalue weighted by Crippen LogP contribution is 2.25. The van der Waals surface area contributed by atoms with Gasteiger partial charge >= 0.3 is 0 Å². The van der Waals surface area contributed by atoms with Gasteiger partial charge in [0.15, 0.2) is 5.82 Å². The number of nitrogens with zero attached hydrogens (tertiary/aromatic N) is 4. The fourth-order valence-corrected chi connectivity index (χ4v) is 3.25. The first-order valence-corrected chi connectivity index (χ1v) is 8.37. The van der Waals surface area contributed by atoms with Crippen molar-refractivity contribution in [1.82, 2.24) is 25.1 Å². The van der Waals surface area contributed by atoms with Crippen molar-refractivity contribution in [3.8, 4) is 22.8 Å². The highest BCUT2D eigenvalue weighted by atomic mass is 79.9. The Hall–Kier alpha value is -2.54. The van der Waals surface area contributed by atoms with E-state index in [1.807, 2.05) is 31.2 Å². The minimum absolute atomic E-state index is 0.0990. The van der Waals surface area contributed by atoms with Crippen LogP contribution >= 0.6 is 15.9 Å². The molecule has 0 saturated heterocycles. The molecular weight excluding hydrogens is 370 g/mol. The summed E-state index contributed by atoms with van der Waals surface area (Å²) in [6, 6.07) is 9.58. The maximum absolute atomic E-state index is 11.9. The van der Waals surface area contributed by atoms with Gasteiger partial charge in [0.05, 0.1) is 12.2 Å². The van der Waals surface area contributed by atoms with Gasteiger partial charge in [-0.3, -0.25) is 9.48 Å². The molecule has 2 aromatic heterocycles. The summed E-state index contributed by atoms with van der Waals surface area (Å²) in [5.74, 6) is 0.547. The van der Waals surface area contributed by atoms with E-state index in [0.29, 0.717) is 36.0 Å². The highest BCUT2D eigenvalue weighted by molar-refractivity contribution is 9.10. The Labute approximate surface area is 147 Å². The van der Waals surface area contributed by atoms with Gasteiger partial charge in [-0.1, -0.05) is 15.9 Å². The van der Waals surface area contributed by atoms with E-state index in [4.69, 9.17) is 0 Å². The van der Waals surface area contributed by atoms with Crippen molar-refractivity contribution in [3.63, 3.8) is 0 Å². The molecule has 120 valence electrons. The van der Waals surface area contributed by atoms with Crippen LogP contribution in [0.3, 0.4) is 0 Å². The van der Waals surface area contributed by atoms with Crippen molar-refractivity contribution in [2.75, 3.05) is 6.54 Å². The Morgan fingerprint density at radius 1 is 1.21 bits per heavy atom. The summed E-state index contributed by atoms with van der Waals surface area (Å²) in [7, 11) is 0. The molecule has 1 aliphatic rings. The number of halogens is 1. The molecule has 1 amide bonds. The second-order valence-electron chi connectivity index (χ2n) is 5.62. The van der Waals surface area contributed by atoms with Gasteiger partial charge in [0.1, 0.15) is 11.4 Å². The predicted molar refractivity (Wildman–Crippen MR) is 93.5 cm³/mol. The summed E-state index contributed by atoms with van der Waals surface area (Å²) in [4.78, 5) is 20.9. The number of carbonyl (C=O) groups excluding carboxylic acids is 1. The average molecular weight is 384 g/mol. The van der Waals surface area contributed by atoms with Crippen LogP contribution in [-0.2, 0) is 6.54 Å². The third kappa shape index (κ3) is 2.60. The van der Waals surface area contributed by atoms with Gasteiger partial charge in [-0.05, 0) is 42.8 Å². The molecule has 0 radical (unpaired) electrons. The van der Waals surface area contributed by atoms with Gasteiger partial charge < -0.3 is 5.32 Å². The van der Waals surface area contributed by atoms with Crippen LogP contribution in [0, 0.1) is 6.92 Å². The second-order valence-corrected chi connectivity index (χ2v) is 6.53. The van der Waals surface area contributed by atoms with Crippen molar-refractivity contribution in [2.24, 2.45) is 0 Å². The third-order valence-electron chi connectivity index (χ3n) is 3.97. The van der Waals surface area contributed by atoms with Gasteiger partial charge in [-0.2, -0.15) is 5.10 Å². The molecule has 4 rings (SSSR count). The molecular formula is C17H14BrN5O. The number of nitrogens with one attached hydrogen (secondary N) is 1. The first-order valence-electron chi connectivity index (χ1n) is 7.58. The largest absolute Gasteiger partial charge is 0.349 e. The number of aromatic nitrogens is 4. The topological polar surface area (TPSA) is 72.7 Å². The summed E-state index contributed by atoms with van der Waals surface area (Å²) >= 11 is 3.47. The van der Waals surface area contributed by atoms with Gasteiger partial charge in [0.2, 0.25) is 0 Å². The fraction of sp³-hybridized carbons (Fsp3) is 0.176. The maximum atomic E-state index is 11.9. The fourth-order valence-electron chi connectivity index (χ4n) is 2.77. The lowest BCUT2D eigenvalue weighted by atomic mass is 10.1. The molecule has 6 nitrogen and oxygen atoms in total. The van der Waals surface area contributed by atoms with Gasteiger partial charge in [-0.25, -0.2) is 9.97 Å². The van der Waals surface area contributed by atoms with Crippen molar-refractivity contribution in [3.05, 3.63) is 52.3 Å². The summed E-state index contributed by atoms with van der Waals surface area (Å²) in [6.07, 6.45) is 1.72. The lowest BCUT2D eigenvalue weighted by Crippen LogP contribution is -2.35. The number of carbonyl (C=O) groups is 1. The molecule has 1 aliphatic heterocycles. The Morgan fingerprint density at radius 2 is 2.08 bits per heavy atom. The van der Waals surface area contributed by atoms with Crippen LogP contribution in [0.15, 0.2) is 41.0 Å². The number of hydrogen-bond donors (Lipinski definition) is 1. The monoisotopic (exact) mass is 383 g/mol. The van der Waals surface area contributed by atoms with Crippen LogP contribution in [0.4, 0.5) is 0 Å². The van der Waals surface area contributed by atoms with Crippen molar-refractivity contribution in [2.45, 2.75) is 13.5 Å². The Bertz CT molecular complexity index is 950. The first-order chi connectivity index (χ1) is 11.6. The number of aryl methyl sites for hydroxylation is 1. The Kier molecular flexibility index (Phi) is 3.65. The molecule has 0 spiro atoms. The van der Waals surface area contributed by atoms with E-state index < -0.39 is 0 Å². The predicted octanol–water partition coefficient (Wildman–Crippen LogP) is 2.82. The minimum atomic E-state index is -0.0990. The van der Waals surface area contributed by atoms with Crippen LogP contribution in [0.1, 0.15) is 16.1 Å². The normalized spacial score (nSPS) is 13.5. The van der Waals surface area contributed by atoms with Gasteiger partial charge in [0, 0.05) is 22.8 Å². The summed E-state index contributed by atoms with van der Waals surface area (Å²) in [5, 5.41) is 7.32. The van der Waals surface area contributed by atoms with E-state index in [2.05, 4.69) is 36.3 Å².